The fourth-order valence-electron chi connectivity index (χ4n) is 3.53. The zero-order chi connectivity index (χ0) is 17.1. The largest absolute Gasteiger partial charge is 0.381 e. The summed E-state index contributed by atoms with van der Waals surface area (Å²) in [7, 11) is 0. The number of nitrogens with zero attached hydrogens (tertiary/aromatic N) is 2. The van der Waals surface area contributed by atoms with Gasteiger partial charge in [0.1, 0.15) is 5.54 Å². The molecule has 1 aromatic carbocycles. The average molecular weight is 343 g/mol. The number of nitrogens with one attached hydrogen (secondary N) is 1. The maximum Gasteiger partial charge on any atom is 0.252 e. The van der Waals surface area contributed by atoms with E-state index in [0.29, 0.717) is 43.4 Å². The van der Waals surface area contributed by atoms with E-state index < -0.39 is 5.54 Å². The monoisotopic (exact) mass is 343 g/mol. The molecular weight excluding hydrogens is 322 g/mol. The Bertz CT molecular complexity index is 720. The Morgan fingerprint density at radius 1 is 1.20 bits per heavy atom. The number of rotatable bonds is 4. The second-order valence-corrected chi connectivity index (χ2v) is 6.59. The first-order valence-electron chi connectivity index (χ1n) is 8.62. The lowest BCUT2D eigenvalue weighted by Crippen LogP contribution is -2.50. The summed E-state index contributed by atoms with van der Waals surface area (Å²) in [4.78, 5) is 17.1. The molecule has 132 valence electrons. The van der Waals surface area contributed by atoms with Crippen LogP contribution in [0.3, 0.4) is 0 Å². The molecule has 1 atom stereocenters. The van der Waals surface area contributed by atoms with E-state index >= 15 is 0 Å². The molecule has 1 aromatic heterocycles. The molecular formula is C18H21N3O4. The molecule has 2 saturated heterocycles. The van der Waals surface area contributed by atoms with E-state index in [2.05, 4.69) is 21.5 Å². The molecule has 0 spiro atoms. The summed E-state index contributed by atoms with van der Waals surface area (Å²) in [6, 6.07) is 7.77. The van der Waals surface area contributed by atoms with Crippen LogP contribution in [-0.4, -0.2) is 42.5 Å². The Balaban J connectivity index is 1.56. The Hall–Kier alpha value is -2.25. The smallest absolute Gasteiger partial charge is 0.252 e. The summed E-state index contributed by atoms with van der Waals surface area (Å²) in [5, 5.41) is 7.10. The summed E-state index contributed by atoms with van der Waals surface area (Å²) in [5.41, 5.74) is 1.14. The van der Waals surface area contributed by atoms with Gasteiger partial charge in [0, 0.05) is 44.1 Å². The average Bonchev–Trinajstić information content (AvgIpc) is 3.36. The van der Waals surface area contributed by atoms with Crippen molar-refractivity contribution in [2.75, 3.05) is 26.4 Å². The number of benzene rings is 1. The van der Waals surface area contributed by atoms with Crippen molar-refractivity contribution in [3.63, 3.8) is 0 Å². The van der Waals surface area contributed by atoms with E-state index in [-0.39, 0.29) is 5.91 Å². The van der Waals surface area contributed by atoms with Crippen molar-refractivity contribution >= 4 is 5.91 Å². The van der Waals surface area contributed by atoms with Crippen LogP contribution in [0.15, 0.2) is 35.2 Å². The molecule has 25 heavy (non-hydrogen) atoms. The molecule has 2 aliphatic rings. The summed E-state index contributed by atoms with van der Waals surface area (Å²) in [6.45, 7) is 2.60. The lowest BCUT2D eigenvalue weighted by Gasteiger charge is -2.35. The van der Waals surface area contributed by atoms with Crippen LogP contribution in [0.5, 0.6) is 0 Å². The third kappa shape index (κ3) is 3.29. The van der Waals surface area contributed by atoms with E-state index in [9.17, 15) is 4.79 Å². The molecule has 7 nitrogen and oxygen atoms in total. The Morgan fingerprint density at radius 3 is 2.80 bits per heavy atom. The number of hydrogen-bond donors (Lipinski definition) is 1. The number of amides is 1. The summed E-state index contributed by atoms with van der Waals surface area (Å²) < 4.78 is 15.8. The van der Waals surface area contributed by atoms with Crippen molar-refractivity contribution in [1.82, 2.24) is 15.5 Å². The fourth-order valence-corrected chi connectivity index (χ4v) is 3.53. The lowest BCUT2D eigenvalue weighted by atomic mass is 9.88. The van der Waals surface area contributed by atoms with E-state index in [0.717, 1.165) is 25.2 Å². The molecule has 2 aromatic rings. The zero-order valence-corrected chi connectivity index (χ0v) is 13.9. The molecule has 1 unspecified atom stereocenters. The highest BCUT2D eigenvalue weighted by Crippen LogP contribution is 2.31. The maximum absolute atomic E-state index is 12.9. The molecule has 2 fully saturated rings. The standard InChI is InChI=1S/C18H21N3O4/c22-16(14-3-1-2-13(10-14)15-4-7-24-11-15)20-18(5-8-23-9-6-18)17-19-12-25-21-17/h1-3,10,12,15H,4-9,11H2,(H,20,22). The van der Waals surface area contributed by atoms with Gasteiger partial charge >= 0.3 is 0 Å². The molecule has 1 N–H and O–H groups in total. The number of hydrogen-bond acceptors (Lipinski definition) is 6. The summed E-state index contributed by atoms with van der Waals surface area (Å²) in [5.74, 6) is 0.735. The van der Waals surface area contributed by atoms with E-state index in [1.165, 1.54) is 6.39 Å². The highest BCUT2D eigenvalue weighted by molar-refractivity contribution is 5.95. The fraction of sp³-hybridized carbons (Fsp3) is 0.500. The van der Waals surface area contributed by atoms with Gasteiger partial charge in [0.25, 0.3) is 5.91 Å². The molecule has 4 rings (SSSR count). The predicted molar refractivity (Wildman–Crippen MR) is 88.1 cm³/mol. The Kier molecular flexibility index (Phi) is 4.50. The van der Waals surface area contributed by atoms with Crippen LogP contribution in [0.4, 0.5) is 0 Å². The lowest BCUT2D eigenvalue weighted by molar-refractivity contribution is 0.0306. The minimum Gasteiger partial charge on any atom is -0.381 e. The van der Waals surface area contributed by atoms with Crippen molar-refractivity contribution in [3.05, 3.63) is 47.6 Å². The third-order valence-corrected chi connectivity index (χ3v) is 5.04. The van der Waals surface area contributed by atoms with Crippen LogP contribution >= 0.6 is 0 Å². The van der Waals surface area contributed by atoms with Crippen LogP contribution in [0.25, 0.3) is 0 Å². The Labute approximate surface area is 145 Å². The molecule has 1 amide bonds. The number of carbonyl (C=O) groups excluding carboxylic acids is 1. The topological polar surface area (TPSA) is 86.5 Å². The molecule has 3 heterocycles. The van der Waals surface area contributed by atoms with Gasteiger partial charge < -0.3 is 19.3 Å². The molecule has 0 saturated carbocycles. The second kappa shape index (κ2) is 6.93. The molecule has 2 aliphatic heterocycles. The molecule has 0 bridgehead atoms. The minimum absolute atomic E-state index is 0.132. The van der Waals surface area contributed by atoms with Crippen LogP contribution in [0.2, 0.25) is 0 Å². The van der Waals surface area contributed by atoms with Crippen LogP contribution in [0, 0.1) is 0 Å². The SMILES string of the molecule is O=C(NC1(c2ncon2)CCOCC1)c1cccc(C2CCOC2)c1. The Morgan fingerprint density at radius 2 is 2.08 bits per heavy atom. The molecule has 7 heteroatoms. The van der Waals surface area contributed by atoms with Crippen LogP contribution < -0.4 is 5.32 Å². The second-order valence-electron chi connectivity index (χ2n) is 6.59. The van der Waals surface area contributed by atoms with Gasteiger partial charge in [-0.05, 0) is 24.1 Å². The first kappa shape index (κ1) is 16.2. The first-order chi connectivity index (χ1) is 12.3. The highest BCUT2D eigenvalue weighted by atomic mass is 16.5. The summed E-state index contributed by atoms with van der Waals surface area (Å²) in [6.07, 6.45) is 3.53. The van der Waals surface area contributed by atoms with Crippen molar-refractivity contribution in [1.29, 1.82) is 0 Å². The van der Waals surface area contributed by atoms with Crippen LogP contribution in [-0.2, 0) is 15.0 Å². The number of ether oxygens (including phenoxy) is 2. The van der Waals surface area contributed by atoms with Gasteiger partial charge in [-0.1, -0.05) is 17.3 Å². The van der Waals surface area contributed by atoms with Gasteiger partial charge in [-0.25, -0.2) is 0 Å². The maximum atomic E-state index is 12.9. The van der Waals surface area contributed by atoms with Crippen molar-refractivity contribution in [3.8, 4) is 0 Å². The van der Waals surface area contributed by atoms with E-state index in [4.69, 9.17) is 14.0 Å². The quantitative estimate of drug-likeness (QED) is 0.914. The van der Waals surface area contributed by atoms with E-state index in [1.807, 2.05) is 18.2 Å². The van der Waals surface area contributed by atoms with Gasteiger partial charge in [0.05, 0.1) is 6.61 Å². The predicted octanol–water partition coefficient (Wildman–Crippen LogP) is 2.01. The zero-order valence-electron chi connectivity index (χ0n) is 13.9. The van der Waals surface area contributed by atoms with Gasteiger partial charge in [0.15, 0.2) is 5.82 Å². The van der Waals surface area contributed by atoms with Crippen molar-refractivity contribution in [2.24, 2.45) is 0 Å². The molecule has 0 radical (unpaired) electrons. The van der Waals surface area contributed by atoms with E-state index in [1.54, 1.807) is 0 Å². The van der Waals surface area contributed by atoms with Gasteiger partial charge in [-0.15, -0.1) is 0 Å². The van der Waals surface area contributed by atoms with Gasteiger partial charge in [-0.2, -0.15) is 4.98 Å². The highest BCUT2D eigenvalue weighted by Gasteiger charge is 2.40. The van der Waals surface area contributed by atoms with Gasteiger partial charge in [0.2, 0.25) is 6.39 Å². The third-order valence-electron chi connectivity index (χ3n) is 5.04. The minimum atomic E-state index is -0.644. The first-order valence-corrected chi connectivity index (χ1v) is 8.62. The summed E-state index contributed by atoms with van der Waals surface area (Å²) >= 11 is 0. The normalized spacial score (nSPS) is 22.6. The van der Waals surface area contributed by atoms with Crippen LogP contribution in [0.1, 0.15) is 46.9 Å². The van der Waals surface area contributed by atoms with Crippen molar-refractivity contribution in [2.45, 2.75) is 30.7 Å². The number of carbonyl (C=O) groups is 1. The van der Waals surface area contributed by atoms with Gasteiger partial charge in [-0.3, -0.25) is 4.79 Å². The molecule has 0 aliphatic carbocycles. The van der Waals surface area contributed by atoms with Crippen molar-refractivity contribution < 1.29 is 18.8 Å². The number of aromatic nitrogens is 2.